The Balaban J connectivity index is 2.47. The van der Waals surface area contributed by atoms with Crippen LogP contribution in [0, 0.1) is 5.92 Å². The molecule has 1 amide bonds. The summed E-state index contributed by atoms with van der Waals surface area (Å²) in [6.45, 7) is 5.99. The smallest absolute Gasteiger partial charge is 0.222 e. The van der Waals surface area contributed by atoms with E-state index in [-0.39, 0.29) is 0 Å². The minimum atomic E-state index is 0.322. The lowest BCUT2D eigenvalue weighted by Gasteiger charge is -2.30. The van der Waals surface area contributed by atoms with Crippen molar-refractivity contribution in [2.75, 3.05) is 13.1 Å². The number of nitrogens with zero attached hydrogens (tertiary/aromatic N) is 1. The fraction of sp³-hybridized carbons (Fsp3) is 0.929. The summed E-state index contributed by atoms with van der Waals surface area (Å²) < 4.78 is 0. The molecule has 17 heavy (non-hydrogen) atoms. The summed E-state index contributed by atoms with van der Waals surface area (Å²) in [6.07, 6.45) is 7.54. The van der Waals surface area contributed by atoms with Gasteiger partial charge in [0.2, 0.25) is 5.91 Å². The molecule has 0 radical (unpaired) electrons. The quantitative estimate of drug-likeness (QED) is 0.743. The molecule has 0 aromatic rings. The lowest BCUT2D eigenvalue weighted by Crippen LogP contribution is -2.40. The molecule has 0 spiro atoms. The van der Waals surface area contributed by atoms with Crippen molar-refractivity contribution in [2.45, 2.75) is 64.8 Å². The van der Waals surface area contributed by atoms with Crippen LogP contribution in [0.3, 0.4) is 0 Å². The highest BCUT2D eigenvalue weighted by atomic mass is 16.2. The molecule has 0 saturated heterocycles. The second-order valence-corrected chi connectivity index (χ2v) is 5.60. The van der Waals surface area contributed by atoms with Crippen LogP contribution in [0.15, 0.2) is 0 Å². The summed E-state index contributed by atoms with van der Waals surface area (Å²) in [6, 6.07) is 0.513. The molecular formula is C14H28N2O. The first-order chi connectivity index (χ1) is 8.15. The highest BCUT2D eigenvalue weighted by Gasteiger charge is 2.25. The number of hydrogen-bond acceptors (Lipinski definition) is 2. The van der Waals surface area contributed by atoms with Crippen LogP contribution < -0.4 is 5.73 Å². The molecule has 0 atom stereocenters. The van der Waals surface area contributed by atoms with Crippen molar-refractivity contribution in [1.29, 1.82) is 0 Å². The van der Waals surface area contributed by atoms with E-state index in [1.807, 2.05) is 0 Å². The molecule has 1 saturated carbocycles. The van der Waals surface area contributed by atoms with Crippen molar-refractivity contribution in [1.82, 2.24) is 4.90 Å². The van der Waals surface area contributed by atoms with Crippen molar-refractivity contribution in [3.8, 4) is 0 Å². The number of amides is 1. The molecule has 0 unspecified atom stereocenters. The number of rotatable bonds is 7. The van der Waals surface area contributed by atoms with E-state index in [2.05, 4.69) is 18.7 Å². The molecule has 0 aromatic heterocycles. The van der Waals surface area contributed by atoms with Crippen LogP contribution in [0.2, 0.25) is 0 Å². The number of carbonyl (C=O) groups excluding carboxylic acids is 1. The van der Waals surface area contributed by atoms with Crippen molar-refractivity contribution < 1.29 is 4.79 Å². The van der Waals surface area contributed by atoms with Crippen LogP contribution in [-0.2, 0) is 4.79 Å². The Kier molecular flexibility index (Phi) is 6.56. The molecule has 3 heteroatoms. The fourth-order valence-electron chi connectivity index (χ4n) is 2.52. The van der Waals surface area contributed by atoms with Crippen molar-refractivity contribution >= 4 is 5.91 Å². The van der Waals surface area contributed by atoms with Crippen LogP contribution >= 0.6 is 0 Å². The molecule has 3 nitrogen and oxygen atoms in total. The van der Waals surface area contributed by atoms with Crippen molar-refractivity contribution in [2.24, 2.45) is 11.7 Å². The zero-order valence-electron chi connectivity index (χ0n) is 11.5. The molecule has 2 N–H and O–H groups in total. The van der Waals surface area contributed by atoms with Crippen LogP contribution in [0.25, 0.3) is 0 Å². The normalized spacial score (nSPS) is 16.7. The lowest BCUT2D eigenvalue weighted by atomic mass is 10.1. The van der Waals surface area contributed by atoms with Gasteiger partial charge in [-0.25, -0.2) is 0 Å². The maximum atomic E-state index is 12.2. The van der Waals surface area contributed by atoms with Gasteiger partial charge in [0, 0.05) is 19.0 Å². The van der Waals surface area contributed by atoms with Gasteiger partial charge in [-0.05, 0) is 38.1 Å². The molecule has 0 bridgehead atoms. The summed E-state index contributed by atoms with van der Waals surface area (Å²) in [4.78, 5) is 14.3. The zero-order valence-corrected chi connectivity index (χ0v) is 11.5. The van der Waals surface area contributed by atoms with Crippen LogP contribution in [0.1, 0.15) is 58.8 Å². The predicted octanol–water partition coefficient (Wildman–Crippen LogP) is 2.54. The van der Waals surface area contributed by atoms with E-state index in [1.165, 1.54) is 25.7 Å². The van der Waals surface area contributed by atoms with E-state index >= 15 is 0 Å². The standard InChI is InChI=1S/C14H28N2O/c1-12(2)9-11-16(13-6-3-4-7-13)14(17)8-5-10-15/h12-13H,3-11,15H2,1-2H3. The molecule has 1 aliphatic carbocycles. The van der Waals surface area contributed by atoms with Gasteiger partial charge in [-0.3, -0.25) is 4.79 Å². The van der Waals surface area contributed by atoms with Crippen LogP contribution in [0.5, 0.6) is 0 Å². The van der Waals surface area contributed by atoms with E-state index < -0.39 is 0 Å². The Morgan fingerprint density at radius 3 is 2.53 bits per heavy atom. The van der Waals surface area contributed by atoms with E-state index in [0.717, 1.165) is 19.4 Å². The molecule has 100 valence electrons. The minimum absolute atomic E-state index is 0.322. The van der Waals surface area contributed by atoms with Gasteiger partial charge in [0.05, 0.1) is 0 Å². The molecule has 1 aliphatic rings. The molecule has 1 fully saturated rings. The highest BCUT2D eigenvalue weighted by Crippen LogP contribution is 2.24. The largest absolute Gasteiger partial charge is 0.340 e. The average Bonchev–Trinajstić information content (AvgIpc) is 2.79. The topological polar surface area (TPSA) is 46.3 Å². The molecule has 0 heterocycles. The van der Waals surface area contributed by atoms with Gasteiger partial charge in [-0.1, -0.05) is 26.7 Å². The number of carbonyl (C=O) groups is 1. The summed E-state index contributed by atoms with van der Waals surface area (Å²) >= 11 is 0. The van der Waals surface area contributed by atoms with Crippen LogP contribution in [0.4, 0.5) is 0 Å². The second-order valence-electron chi connectivity index (χ2n) is 5.60. The lowest BCUT2D eigenvalue weighted by molar-refractivity contribution is -0.133. The summed E-state index contributed by atoms with van der Waals surface area (Å²) in [7, 11) is 0. The van der Waals surface area contributed by atoms with Gasteiger partial charge in [-0.2, -0.15) is 0 Å². The van der Waals surface area contributed by atoms with Crippen LogP contribution in [-0.4, -0.2) is 29.9 Å². The monoisotopic (exact) mass is 240 g/mol. The molecule has 0 aliphatic heterocycles. The molecular weight excluding hydrogens is 212 g/mol. The Morgan fingerprint density at radius 1 is 1.35 bits per heavy atom. The molecule has 0 aromatic carbocycles. The maximum absolute atomic E-state index is 12.2. The number of hydrogen-bond donors (Lipinski definition) is 1. The summed E-state index contributed by atoms with van der Waals surface area (Å²) in [5, 5.41) is 0. The summed E-state index contributed by atoms with van der Waals surface area (Å²) in [5.74, 6) is 0.990. The second kappa shape index (κ2) is 7.70. The fourth-order valence-corrected chi connectivity index (χ4v) is 2.52. The van der Waals surface area contributed by atoms with Gasteiger partial charge in [-0.15, -0.1) is 0 Å². The first-order valence-corrected chi connectivity index (χ1v) is 7.14. The highest BCUT2D eigenvalue weighted by molar-refractivity contribution is 5.76. The Labute approximate surface area is 106 Å². The zero-order chi connectivity index (χ0) is 12.7. The summed E-state index contributed by atoms with van der Waals surface area (Å²) in [5.41, 5.74) is 5.48. The van der Waals surface area contributed by atoms with E-state index in [0.29, 0.717) is 30.8 Å². The average molecular weight is 240 g/mol. The SMILES string of the molecule is CC(C)CCN(C(=O)CCCN)C1CCCC1. The first kappa shape index (κ1) is 14.5. The van der Waals surface area contributed by atoms with Gasteiger partial charge >= 0.3 is 0 Å². The van der Waals surface area contributed by atoms with Crippen molar-refractivity contribution in [3.63, 3.8) is 0 Å². The third-order valence-electron chi connectivity index (χ3n) is 3.63. The third-order valence-corrected chi connectivity index (χ3v) is 3.63. The molecule has 1 rings (SSSR count). The van der Waals surface area contributed by atoms with Gasteiger partial charge in [0.1, 0.15) is 0 Å². The van der Waals surface area contributed by atoms with E-state index in [4.69, 9.17) is 5.73 Å². The minimum Gasteiger partial charge on any atom is -0.340 e. The van der Waals surface area contributed by atoms with Gasteiger partial charge in [0.25, 0.3) is 0 Å². The predicted molar refractivity (Wildman–Crippen MR) is 71.7 cm³/mol. The Morgan fingerprint density at radius 2 is 2.00 bits per heavy atom. The van der Waals surface area contributed by atoms with Gasteiger partial charge < -0.3 is 10.6 Å². The third kappa shape index (κ3) is 5.07. The number of nitrogens with two attached hydrogens (primary N) is 1. The Hall–Kier alpha value is -0.570. The first-order valence-electron chi connectivity index (χ1n) is 7.14. The van der Waals surface area contributed by atoms with Crippen molar-refractivity contribution in [3.05, 3.63) is 0 Å². The Bertz CT molecular complexity index is 222. The van der Waals surface area contributed by atoms with E-state index in [1.54, 1.807) is 0 Å². The van der Waals surface area contributed by atoms with Gasteiger partial charge in [0.15, 0.2) is 0 Å². The maximum Gasteiger partial charge on any atom is 0.222 e. The van der Waals surface area contributed by atoms with E-state index in [9.17, 15) is 4.79 Å².